The van der Waals surface area contributed by atoms with Crippen LogP contribution in [0.1, 0.15) is 49.4 Å². The fraction of sp³-hybridized carbons (Fsp3) is 0.355. The average Bonchev–Trinajstić information content (AvgIpc) is 2.91. The van der Waals surface area contributed by atoms with Gasteiger partial charge in [0.15, 0.2) is 6.61 Å². The minimum absolute atomic E-state index is 0.00507. The third-order valence-electron chi connectivity index (χ3n) is 6.63. The maximum Gasteiger partial charge on any atom is 0.261 e. The first kappa shape index (κ1) is 28.5. The van der Waals surface area contributed by atoms with Crippen molar-refractivity contribution in [2.75, 3.05) is 6.61 Å². The smallest absolute Gasteiger partial charge is 0.261 e. The molecule has 0 saturated heterocycles. The molecule has 0 bridgehead atoms. The van der Waals surface area contributed by atoms with Gasteiger partial charge in [0.25, 0.3) is 5.91 Å². The van der Waals surface area contributed by atoms with Gasteiger partial charge in [0, 0.05) is 19.0 Å². The van der Waals surface area contributed by atoms with Gasteiger partial charge in [0.2, 0.25) is 5.91 Å². The van der Waals surface area contributed by atoms with Crippen LogP contribution in [-0.4, -0.2) is 35.4 Å². The van der Waals surface area contributed by atoms with Gasteiger partial charge in [-0.3, -0.25) is 9.59 Å². The number of amides is 2. The van der Waals surface area contributed by atoms with Gasteiger partial charge >= 0.3 is 0 Å². The minimum atomic E-state index is -0.682. The molecular formula is C31H37BrN2O3. The van der Waals surface area contributed by atoms with Crippen LogP contribution in [0.15, 0.2) is 77.3 Å². The Morgan fingerprint density at radius 3 is 2.32 bits per heavy atom. The van der Waals surface area contributed by atoms with E-state index in [0.29, 0.717) is 18.7 Å². The highest BCUT2D eigenvalue weighted by Crippen LogP contribution is 2.26. The topological polar surface area (TPSA) is 58.6 Å². The predicted molar refractivity (Wildman–Crippen MR) is 153 cm³/mol. The number of hydrogen-bond donors (Lipinski definition) is 1. The molecule has 0 aromatic heterocycles. The fourth-order valence-corrected chi connectivity index (χ4v) is 4.61. The maximum atomic E-state index is 13.8. The summed E-state index contributed by atoms with van der Waals surface area (Å²) >= 11 is 3.56. The Labute approximate surface area is 229 Å². The van der Waals surface area contributed by atoms with Crippen LogP contribution in [0.3, 0.4) is 0 Å². The van der Waals surface area contributed by atoms with Crippen LogP contribution in [0.25, 0.3) is 0 Å². The van der Waals surface area contributed by atoms with Gasteiger partial charge in [-0.1, -0.05) is 74.5 Å². The van der Waals surface area contributed by atoms with Crippen LogP contribution in [0.5, 0.6) is 5.75 Å². The van der Waals surface area contributed by atoms with Gasteiger partial charge in [-0.05, 0) is 77.0 Å². The molecule has 0 aliphatic heterocycles. The molecule has 0 spiro atoms. The highest BCUT2D eigenvalue weighted by Gasteiger charge is 2.31. The Hall–Kier alpha value is -3.12. The Morgan fingerprint density at radius 2 is 1.68 bits per heavy atom. The van der Waals surface area contributed by atoms with Crippen LogP contribution >= 0.6 is 15.9 Å². The third kappa shape index (κ3) is 8.19. The number of aryl methyl sites for hydroxylation is 2. The van der Waals surface area contributed by atoms with Gasteiger partial charge in [0.05, 0.1) is 4.47 Å². The summed E-state index contributed by atoms with van der Waals surface area (Å²) in [6.07, 6.45) is 2.13. The molecule has 3 aromatic rings. The van der Waals surface area contributed by atoms with Gasteiger partial charge in [-0.2, -0.15) is 0 Å². The lowest BCUT2D eigenvalue weighted by Crippen LogP contribution is -2.53. The van der Waals surface area contributed by atoms with E-state index in [0.717, 1.165) is 34.0 Å². The Kier molecular flexibility index (Phi) is 10.8. The van der Waals surface area contributed by atoms with Crippen molar-refractivity contribution in [3.8, 4) is 5.75 Å². The van der Waals surface area contributed by atoms with E-state index in [2.05, 4.69) is 28.2 Å². The third-order valence-corrected chi connectivity index (χ3v) is 7.25. The molecule has 37 heavy (non-hydrogen) atoms. The van der Waals surface area contributed by atoms with Crippen molar-refractivity contribution in [2.45, 2.75) is 65.6 Å². The largest absolute Gasteiger partial charge is 0.483 e. The summed E-state index contributed by atoms with van der Waals surface area (Å²) in [4.78, 5) is 29.0. The minimum Gasteiger partial charge on any atom is -0.483 e. The molecular weight excluding hydrogens is 528 g/mol. The van der Waals surface area contributed by atoms with Gasteiger partial charge in [-0.25, -0.2) is 0 Å². The summed E-state index contributed by atoms with van der Waals surface area (Å²) < 4.78 is 6.77. The van der Waals surface area contributed by atoms with Crippen molar-refractivity contribution in [1.82, 2.24) is 10.2 Å². The van der Waals surface area contributed by atoms with E-state index < -0.39 is 6.04 Å². The standard InChI is InChI=1S/C31H37BrN2O3/c1-5-23(4)33-31(36)28(19-25-13-8-7-9-14-25)34(20-26-15-11-10-12-22(26)3)30(35)21-37-29-17-16-24(6-2)18-27(29)32/h7-18,23,28H,5-6,19-21H2,1-4H3,(H,33,36)/t23-,28+/m1/s1. The Balaban J connectivity index is 1.93. The number of ether oxygens (including phenoxy) is 1. The van der Waals surface area contributed by atoms with E-state index in [4.69, 9.17) is 4.74 Å². The van der Waals surface area contributed by atoms with Crippen molar-refractivity contribution in [2.24, 2.45) is 0 Å². The molecule has 5 nitrogen and oxygen atoms in total. The average molecular weight is 566 g/mol. The number of carbonyl (C=O) groups is 2. The molecule has 0 saturated carbocycles. The van der Waals surface area contributed by atoms with Gasteiger partial charge in [-0.15, -0.1) is 0 Å². The van der Waals surface area contributed by atoms with Crippen molar-refractivity contribution >= 4 is 27.7 Å². The summed E-state index contributed by atoms with van der Waals surface area (Å²) in [5.74, 6) is 0.202. The number of halogens is 1. The highest BCUT2D eigenvalue weighted by molar-refractivity contribution is 9.10. The molecule has 0 fully saturated rings. The Morgan fingerprint density at radius 1 is 0.973 bits per heavy atom. The summed E-state index contributed by atoms with van der Waals surface area (Å²) in [7, 11) is 0. The van der Waals surface area contributed by atoms with Gasteiger partial charge in [0.1, 0.15) is 11.8 Å². The zero-order chi connectivity index (χ0) is 26.8. The molecule has 0 aliphatic rings. The van der Waals surface area contributed by atoms with Crippen LogP contribution < -0.4 is 10.1 Å². The van der Waals surface area contributed by atoms with E-state index in [-0.39, 0.29) is 24.5 Å². The summed E-state index contributed by atoms with van der Waals surface area (Å²) in [5, 5.41) is 3.10. The predicted octanol–water partition coefficient (Wildman–Crippen LogP) is 6.25. The molecule has 1 N–H and O–H groups in total. The van der Waals surface area contributed by atoms with Crippen molar-refractivity contribution in [3.63, 3.8) is 0 Å². The zero-order valence-electron chi connectivity index (χ0n) is 22.2. The van der Waals surface area contributed by atoms with Crippen LogP contribution in [-0.2, 0) is 29.0 Å². The van der Waals surface area contributed by atoms with E-state index in [1.807, 2.05) is 93.6 Å². The quantitative estimate of drug-likeness (QED) is 0.282. The van der Waals surface area contributed by atoms with Crippen molar-refractivity contribution in [3.05, 3.63) is 99.5 Å². The molecule has 0 unspecified atom stereocenters. The SMILES string of the molecule is CCc1ccc(OCC(=O)N(Cc2ccccc2C)[C@@H](Cc2ccccc2)C(=O)N[C@H](C)CC)c(Br)c1. The van der Waals surface area contributed by atoms with Crippen LogP contribution in [0, 0.1) is 6.92 Å². The molecule has 2 amide bonds. The summed E-state index contributed by atoms with van der Waals surface area (Å²) in [6.45, 7) is 8.27. The molecule has 3 aromatic carbocycles. The fourth-order valence-electron chi connectivity index (χ4n) is 4.07. The molecule has 3 rings (SSSR count). The summed E-state index contributed by atoms with van der Waals surface area (Å²) in [6, 6.07) is 23.0. The molecule has 6 heteroatoms. The summed E-state index contributed by atoms with van der Waals surface area (Å²) in [5.41, 5.74) is 4.24. The normalized spacial score (nSPS) is 12.5. The number of nitrogens with zero attached hydrogens (tertiary/aromatic N) is 1. The molecule has 196 valence electrons. The van der Waals surface area contributed by atoms with Crippen LogP contribution in [0.2, 0.25) is 0 Å². The van der Waals surface area contributed by atoms with Crippen molar-refractivity contribution in [1.29, 1.82) is 0 Å². The molecule has 0 radical (unpaired) electrons. The van der Waals surface area contributed by atoms with E-state index in [1.165, 1.54) is 5.56 Å². The number of rotatable bonds is 12. The zero-order valence-corrected chi connectivity index (χ0v) is 23.8. The van der Waals surface area contributed by atoms with E-state index in [1.54, 1.807) is 4.90 Å². The second-order valence-corrected chi connectivity index (χ2v) is 10.2. The van der Waals surface area contributed by atoms with E-state index >= 15 is 0 Å². The number of nitrogens with one attached hydrogen (secondary N) is 1. The molecule has 2 atom stereocenters. The first-order chi connectivity index (χ1) is 17.8. The monoisotopic (exact) mass is 564 g/mol. The van der Waals surface area contributed by atoms with Crippen molar-refractivity contribution < 1.29 is 14.3 Å². The first-order valence-electron chi connectivity index (χ1n) is 12.9. The Bertz CT molecular complexity index is 1180. The number of benzene rings is 3. The molecule has 0 aliphatic carbocycles. The second-order valence-electron chi connectivity index (χ2n) is 9.38. The highest BCUT2D eigenvalue weighted by atomic mass is 79.9. The number of carbonyl (C=O) groups excluding carboxylic acids is 2. The lowest BCUT2D eigenvalue weighted by atomic mass is 10.0. The lowest BCUT2D eigenvalue weighted by Gasteiger charge is -2.32. The molecule has 0 heterocycles. The van der Waals surface area contributed by atoms with Gasteiger partial charge < -0.3 is 15.0 Å². The van der Waals surface area contributed by atoms with E-state index in [9.17, 15) is 9.59 Å². The van der Waals surface area contributed by atoms with Crippen LogP contribution in [0.4, 0.5) is 0 Å². The first-order valence-corrected chi connectivity index (χ1v) is 13.7. The number of hydrogen-bond acceptors (Lipinski definition) is 3. The lowest BCUT2D eigenvalue weighted by molar-refractivity contribution is -0.143. The maximum absolute atomic E-state index is 13.8. The second kappa shape index (κ2) is 14.0.